The Kier molecular flexibility index (Phi) is 7.21. The van der Waals surface area contributed by atoms with Crippen LogP contribution in [0.4, 0.5) is 5.69 Å². The first-order chi connectivity index (χ1) is 13.1. The fraction of sp³-hybridized carbons (Fsp3) is 0.571. The molecule has 146 valence electrons. The van der Waals surface area contributed by atoms with Crippen LogP contribution in [0.3, 0.4) is 0 Å². The molecule has 27 heavy (non-hydrogen) atoms. The van der Waals surface area contributed by atoms with Gasteiger partial charge in [0.15, 0.2) is 5.11 Å². The molecule has 6 heteroatoms. The maximum atomic E-state index is 12.5. The van der Waals surface area contributed by atoms with Crippen LogP contribution in [0.5, 0.6) is 0 Å². The largest absolute Gasteiger partial charge is 0.339 e. The Bertz CT molecular complexity index is 680. The maximum Gasteiger partial charge on any atom is 0.253 e. The highest BCUT2D eigenvalue weighted by molar-refractivity contribution is 7.80. The monoisotopic (exact) mass is 387 g/mol. The summed E-state index contributed by atoms with van der Waals surface area (Å²) in [7, 11) is 0. The van der Waals surface area contributed by atoms with Gasteiger partial charge in [-0.3, -0.25) is 9.59 Å². The van der Waals surface area contributed by atoms with Gasteiger partial charge in [0.2, 0.25) is 5.91 Å². The van der Waals surface area contributed by atoms with E-state index in [0.717, 1.165) is 38.0 Å². The first-order valence-electron chi connectivity index (χ1n) is 10.1. The Morgan fingerprint density at radius 3 is 2.56 bits per heavy atom. The summed E-state index contributed by atoms with van der Waals surface area (Å²) in [5.41, 5.74) is 1.37. The van der Waals surface area contributed by atoms with Gasteiger partial charge >= 0.3 is 0 Å². The summed E-state index contributed by atoms with van der Waals surface area (Å²) in [4.78, 5) is 26.5. The quantitative estimate of drug-likeness (QED) is 0.747. The minimum Gasteiger partial charge on any atom is -0.339 e. The van der Waals surface area contributed by atoms with E-state index < -0.39 is 0 Å². The van der Waals surface area contributed by atoms with E-state index in [1.54, 1.807) is 6.07 Å². The average molecular weight is 388 g/mol. The van der Waals surface area contributed by atoms with Gasteiger partial charge in [-0.1, -0.05) is 38.2 Å². The number of anilines is 1. The smallest absolute Gasteiger partial charge is 0.253 e. The SMILES string of the molecule is O=C(CCC1CCCCC1)NC(=S)Nc1cccc(C(=O)N2CCCC2)c1. The number of amides is 2. The molecule has 0 unspecified atom stereocenters. The van der Waals surface area contributed by atoms with Crippen molar-refractivity contribution < 1.29 is 9.59 Å². The van der Waals surface area contributed by atoms with Crippen molar-refractivity contribution in [2.45, 2.75) is 57.8 Å². The lowest BCUT2D eigenvalue weighted by atomic mass is 9.86. The van der Waals surface area contributed by atoms with Crippen LogP contribution in [0.2, 0.25) is 0 Å². The lowest BCUT2D eigenvalue weighted by Gasteiger charge is -2.21. The molecule has 2 amide bonds. The van der Waals surface area contributed by atoms with E-state index in [1.807, 2.05) is 23.1 Å². The minimum absolute atomic E-state index is 0.0395. The van der Waals surface area contributed by atoms with Crippen LogP contribution in [-0.4, -0.2) is 34.9 Å². The van der Waals surface area contributed by atoms with Gasteiger partial charge in [-0.2, -0.15) is 0 Å². The Hall–Kier alpha value is -1.95. The van der Waals surface area contributed by atoms with E-state index in [9.17, 15) is 9.59 Å². The second-order valence-electron chi connectivity index (χ2n) is 7.63. The predicted molar refractivity (Wildman–Crippen MR) is 112 cm³/mol. The molecule has 1 aliphatic heterocycles. The van der Waals surface area contributed by atoms with Crippen LogP contribution < -0.4 is 10.6 Å². The van der Waals surface area contributed by atoms with Crippen molar-refractivity contribution in [1.82, 2.24) is 10.2 Å². The highest BCUT2D eigenvalue weighted by Crippen LogP contribution is 2.27. The van der Waals surface area contributed by atoms with E-state index in [1.165, 1.54) is 32.1 Å². The van der Waals surface area contributed by atoms with Crippen molar-refractivity contribution in [3.05, 3.63) is 29.8 Å². The summed E-state index contributed by atoms with van der Waals surface area (Å²) in [5.74, 6) is 0.695. The molecule has 0 bridgehead atoms. The molecule has 3 rings (SSSR count). The summed E-state index contributed by atoms with van der Waals surface area (Å²) >= 11 is 5.26. The van der Waals surface area contributed by atoms with Crippen LogP contribution >= 0.6 is 12.2 Å². The van der Waals surface area contributed by atoms with E-state index in [2.05, 4.69) is 10.6 Å². The number of hydrogen-bond acceptors (Lipinski definition) is 3. The predicted octanol–water partition coefficient (Wildman–Crippen LogP) is 4.10. The molecule has 1 saturated heterocycles. The Morgan fingerprint density at radius 2 is 1.81 bits per heavy atom. The molecule has 2 fully saturated rings. The molecule has 5 nitrogen and oxygen atoms in total. The van der Waals surface area contributed by atoms with Crippen LogP contribution in [-0.2, 0) is 4.79 Å². The first-order valence-corrected chi connectivity index (χ1v) is 10.5. The Labute approximate surface area is 166 Å². The molecule has 2 aliphatic rings. The van der Waals surface area contributed by atoms with Crippen LogP contribution in [0.15, 0.2) is 24.3 Å². The summed E-state index contributed by atoms with van der Waals surface area (Å²) in [6.07, 6.45) is 9.99. The van der Waals surface area contributed by atoms with Crippen LogP contribution in [0.25, 0.3) is 0 Å². The standard InChI is InChI=1S/C21H29N3O2S/c25-19(12-11-16-7-2-1-3-8-16)23-21(27)22-18-10-6-9-17(15-18)20(26)24-13-4-5-14-24/h6,9-10,15-16H,1-5,7-8,11-14H2,(H2,22,23,25,27). The molecule has 2 N–H and O–H groups in total. The number of benzene rings is 1. The number of nitrogens with zero attached hydrogens (tertiary/aromatic N) is 1. The second kappa shape index (κ2) is 9.83. The molecule has 0 spiro atoms. The van der Waals surface area contributed by atoms with Crippen molar-refractivity contribution in [3.8, 4) is 0 Å². The number of hydrogen-bond donors (Lipinski definition) is 2. The lowest BCUT2D eigenvalue weighted by Crippen LogP contribution is -2.34. The number of thiocarbonyl (C=S) groups is 1. The zero-order chi connectivity index (χ0) is 19.1. The zero-order valence-corrected chi connectivity index (χ0v) is 16.7. The molecular formula is C21H29N3O2S. The molecule has 1 aromatic carbocycles. The van der Waals surface area contributed by atoms with E-state index >= 15 is 0 Å². The minimum atomic E-state index is -0.0395. The van der Waals surface area contributed by atoms with Crippen molar-refractivity contribution in [2.24, 2.45) is 5.92 Å². The topological polar surface area (TPSA) is 61.4 Å². The zero-order valence-electron chi connectivity index (χ0n) is 15.8. The number of carbonyl (C=O) groups is 2. The average Bonchev–Trinajstić information content (AvgIpc) is 3.21. The van der Waals surface area contributed by atoms with E-state index in [-0.39, 0.29) is 16.9 Å². The number of rotatable bonds is 5. The molecule has 1 saturated carbocycles. The summed E-state index contributed by atoms with van der Waals surface area (Å²) in [5, 5.41) is 6.07. The van der Waals surface area contributed by atoms with Gasteiger partial charge in [0.05, 0.1) is 0 Å². The highest BCUT2D eigenvalue weighted by Gasteiger charge is 2.20. The van der Waals surface area contributed by atoms with Gasteiger partial charge in [0.25, 0.3) is 5.91 Å². The third kappa shape index (κ3) is 6.03. The first kappa shape index (κ1) is 19.8. The fourth-order valence-electron chi connectivity index (χ4n) is 4.00. The second-order valence-corrected chi connectivity index (χ2v) is 8.03. The summed E-state index contributed by atoms with van der Waals surface area (Å²) in [6, 6.07) is 7.29. The van der Waals surface area contributed by atoms with Crippen LogP contribution in [0.1, 0.15) is 68.1 Å². The Morgan fingerprint density at radius 1 is 1.07 bits per heavy atom. The number of likely N-dealkylation sites (tertiary alicyclic amines) is 1. The summed E-state index contributed by atoms with van der Waals surface area (Å²) < 4.78 is 0. The lowest BCUT2D eigenvalue weighted by molar-refractivity contribution is -0.120. The number of nitrogens with one attached hydrogen (secondary N) is 2. The number of carbonyl (C=O) groups excluding carboxylic acids is 2. The van der Waals surface area contributed by atoms with E-state index in [4.69, 9.17) is 12.2 Å². The molecule has 0 atom stereocenters. The summed E-state index contributed by atoms with van der Waals surface area (Å²) in [6.45, 7) is 1.65. The third-order valence-corrected chi connectivity index (χ3v) is 5.72. The van der Waals surface area contributed by atoms with Gasteiger partial charge in [0.1, 0.15) is 0 Å². The van der Waals surface area contributed by atoms with Crippen LogP contribution in [0, 0.1) is 5.92 Å². The van der Waals surface area contributed by atoms with E-state index in [0.29, 0.717) is 17.9 Å². The molecule has 0 aromatic heterocycles. The van der Waals surface area contributed by atoms with Gasteiger partial charge in [-0.05, 0) is 55.6 Å². The van der Waals surface area contributed by atoms with Crippen molar-refractivity contribution >= 4 is 34.8 Å². The molecule has 1 heterocycles. The molecular weight excluding hydrogens is 358 g/mol. The van der Waals surface area contributed by atoms with Gasteiger partial charge in [-0.15, -0.1) is 0 Å². The maximum absolute atomic E-state index is 12.5. The molecule has 1 aromatic rings. The van der Waals surface area contributed by atoms with Crippen molar-refractivity contribution in [1.29, 1.82) is 0 Å². The van der Waals surface area contributed by atoms with Crippen molar-refractivity contribution in [2.75, 3.05) is 18.4 Å². The van der Waals surface area contributed by atoms with Gasteiger partial charge in [-0.25, -0.2) is 0 Å². The normalized spacial score (nSPS) is 17.6. The third-order valence-electron chi connectivity index (χ3n) is 5.52. The van der Waals surface area contributed by atoms with Crippen molar-refractivity contribution in [3.63, 3.8) is 0 Å². The van der Waals surface area contributed by atoms with Gasteiger partial charge < -0.3 is 15.5 Å². The molecule has 1 aliphatic carbocycles. The fourth-order valence-corrected chi connectivity index (χ4v) is 4.23. The molecule has 0 radical (unpaired) electrons. The Balaban J connectivity index is 1.46. The highest BCUT2D eigenvalue weighted by atomic mass is 32.1. The van der Waals surface area contributed by atoms with Gasteiger partial charge in [0, 0.05) is 30.8 Å².